The number of benzene rings is 2. The third-order valence-electron chi connectivity index (χ3n) is 3.31. The smallest absolute Gasteiger partial charge is 0.185 e. The molecule has 6 heteroatoms. The summed E-state index contributed by atoms with van der Waals surface area (Å²) in [6.45, 7) is 0. The van der Waals surface area contributed by atoms with Crippen LogP contribution in [-0.2, 0) is 0 Å². The Morgan fingerprint density at radius 1 is 0.870 bits per heavy atom. The van der Waals surface area contributed by atoms with E-state index in [0.29, 0.717) is 11.5 Å². The molecular formula is C17H12N4OS. The van der Waals surface area contributed by atoms with Crippen LogP contribution in [0.15, 0.2) is 76.7 Å². The molecule has 0 aliphatic rings. The standard InChI is InChI=1S/C17H12N4OS/c22-13-7-4-8-14(11-13)23-16-10-9-15-18-19-17(21(15)20-16)12-5-2-1-3-6-12/h1-11,22H. The molecule has 0 aliphatic heterocycles. The third-order valence-corrected chi connectivity index (χ3v) is 4.23. The predicted molar refractivity (Wildman–Crippen MR) is 88.4 cm³/mol. The zero-order chi connectivity index (χ0) is 15.6. The van der Waals surface area contributed by atoms with Crippen LogP contribution in [0.2, 0.25) is 0 Å². The molecule has 0 fully saturated rings. The van der Waals surface area contributed by atoms with Crippen molar-refractivity contribution in [2.45, 2.75) is 9.92 Å². The SMILES string of the molecule is Oc1cccc(Sc2ccc3nnc(-c4ccccc4)n3n2)c1. The summed E-state index contributed by atoms with van der Waals surface area (Å²) in [6, 6.07) is 20.7. The lowest BCUT2D eigenvalue weighted by Gasteiger charge is -2.03. The molecule has 0 saturated carbocycles. The highest BCUT2D eigenvalue weighted by Gasteiger charge is 2.10. The number of phenolic OH excluding ortho intramolecular Hbond substituents is 1. The molecular weight excluding hydrogens is 308 g/mol. The molecule has 0 atom stereocenters. The highest BCUT2D eigenvalue weighted by atomic mass is 32.2. The monoisotopic (exact) mass is 320 g/mol. The van der Waals surface area contributed by atoms with Crippen LogP contribution in [0.3, 0.4) is 0 Å². The number of nitrogens with zero attached hydrogens (tertiary/aromatic N) is 4. The van der Waals surface area contributed by atoms with Gasteiger partial charge in [-0.1, -0.05) is 48.2 Å². The van der Waals surface area contributed by atoms with Gasteiger partial charge in [-0.3, -0.25) is 0 Å². The highest BCUT2D eigenvalue weighted by molar-refractivity contribution is 7.99. The van der Waals surface area contributed by atoms with Gasteiger partial charge in [-0.05, 0) is 30.3 Å². The van der Waals surface area contributed by atoms with E-state index in [1.165, 1.54) is 11.8 Å². The number of hydrogen-bond acceptors (Lipinski definition) is 5. The average Bonchev–Trinajstić information content (AvgIpc) is 2.99. The fourth-order valence-corrected chi connectivity index (χ4v) is 3.09. The molecule has 0 bridgehead atoms. The van der Waals surface area contributed by atoms with E-state index in [0.717, 1.165) is 15.5 Å². The van der Waals surface area contributed by atoms with Crippen LogP contribution in [-0.4, -0.2) is 24.9 Å². The van der Waals surface area contributed by atoms with Crippen LogP contribution >= 0.6 is 11.8 Å². The zero-order valence-corrected chi connectivity index (χ0v) is 12.8. The summed E-state index contributed by atoms with van der Waals surface area (Å²) in [5.74, 6) is 0.948. The van der Waals surface area contributed by atoms with Crippen LogP contribution in [0, 0.1) is 0 Å². The molecule has 23 heavy (non-hydrogen) atoms. The normalized spacial score (nSPS) is 11.0. The van der Waals surface area contributed by atoms with Gasteiger partial charge in [-0.15, -0.1) is 10.2 Å². The molecule has 0 amide bonds. The molecule has 2 aromatic carbocycles. The first kappa shape index (κ1) is 13.8. The van der Waals surface area contributed by atoms with Gasteiger partial charge < -0.3 is 5.11 Å². The molecule has 4 aromatic rings. The Morgan fingerprint density at radius 3 is 2.57 bits per heavy atom. The minimum absolute atomic E-state index is 0.241. The average molecular weight is 320 g/mol. The van der Waals surface area contributed by atoms with E-state index < -0.39 is 0 Å². The summed E-state index contributed by atoms with van der Waals surface area (Å²) in [5.41, 5.74) is 1.66. The Bertz CT molecular complexity index is 969. The van der Waals surface area contributed by atoms with E-state index in [1.54, 1.807) is 16.6 Å². The van der Waals surface area contributed by atoms with Gasteiger partial charge in [0.1, 0.15) is 10.8 Å². The quantitative estimate of drug-likeness (QED) is 0.624. The number of aromatic hydroxyl groups is 1. The molecule has 0 saturated heterocycles. The molecule has 112 valence electrons. The van der Waals surface area contributed by atoms with Crippen molar-refractivity contribution in [2.75, 3.05) is 0 Å². The minimum Gasteiger partial charge on any atom is -0.508 e. The molecule has 0 unspecified atom stereocenters. The highest BCUT2D eigenvalue weighted by Crippen LogP contribution is 2.29. The van der Waals surface area contributed by atoms with Crippen molar-refractivity contribution in [3.63, 3.8) is 0 Å². The summed E-state index contributed by atoms with van der Waals surface area (Å²) in [7, 11) is 0. The van der Waals surface area contributed by atoms with Gasteiger partial charge in [0.05, 0.1) is 0 Å². The van der Waals surface area contributed by atoms with Crippen LogP contribution in [0.25, 0.3) is 17.0 Å². The van der Waals surface area contributed by atoms with Crippen molar-refractivity contribution in [1.29, 1.82) is 0 Å². The summed E-state index contributed by atoms with van der Waals surface area (Å²) < 4.78 is 1.74. The molecule has 2 heterocycles. The lowest BCUT2D eigenvalue weighted by Crippen LogP contribution is -1.96. The number of fused-ring (bicyclic) bond motifs is 1. The largest absolute Gasteiger partial charge is 0.508 e. The number of hydrogen-bond donors (Lipinski definition) is 1. The Kier molecular flexibility index (Phi) is 3.44. The Labute approximate surface area is 136 Å². The van der Waals surface area contributed by atoms with Crippen LogP contribution in [0.1, 0.15) is 0 Å². The second-order valence-electron chi connectivity index (χ2n) is 4.93. The van der Waals surface area contributed by atoms with Crippen molar-refractivity contribution in [1.82, 2.24) is 19.8 Å². The number of aromatic nitrogens is 4. The lowest BCUT2D eigenvalue weighted by atomic mass is 10.2. The number of phenols is 1. The fraction of sp³-hybridized carbons (Fsp3) is 0. The van der Waals surface area contributed by atoms with Gasteiger partial charge >= 0.3 is 0 Å². The van der Waals surface area contributed by atoms with E-state index in [2.05, 4.69) is 15.3 Å². The minimum atomic E-state index is 0.241. The van der Waals surface area contributed by atoms with Crippen molar-refractivity contribution < 1.29 is 5.11 Å². The maximum Gasteiger partial charge on any atom is 0.185 e. The maximum absolute atomic E-state index is 9.56. The lowest BCUT2D eigenvalue weighted by molar-refractivity contribution is 0.474. The van der Waals surface area contributed by atoms with E-state index in [1.807, 2.05) is 54.6 Å². The molecule has 2 aromatic heterocycles. The molecule has 0 radical (unpaired) electrons. The van der Waals surface area contributed by atoms with E-state index in [4.69, 9.17) is 0 Å². The summed E-state index contributed by atoms with van der Waals surface area (Å²) >= 11 is 1.48. The first-order chi connectivity index (χ1) is 11.3. The molecule has 0 spiro atoms. The maximum atomic E-state index is 9.56. The third kappa shape index (κ3) is 2.76. The van der Waals surface area contributed by atoms with Crippen molar-refractivity contribution in [3.05, 3.63) is 66.7 Å². The van der Waals surface area contributed by atoms with E-state index in [-0.39, 0.29) is 5.75 Å². The van der Waals surface area contributed by atoms with Crippen molar-refractivity contribution in [3.8, 4) is 17.1 Å². The van der Waals surface area contributed by atoms with Crippen LogP contribution < -0.4 is 0 Å². The van der Waals surface area contributed by atoms with Crippen LogP contribution in [0.5, 0.6) is 5.75 Å². The molecule has 1 N–H and O–H groups in total. The predicted octanol–water partition coefficient (Wildman–Crippen LogP) is 3.65. The zero-order valence-electron chi connectivity index (χ0n) is 12.0. The van der Waals surface area contributed by atoms with Crippen molar-refractivity contribution >= 4 is 17.4 Å². The molecule has 4 rings (SSSR count). The van der Waals surface area contributed by atoms with Crippen LogP contribution in [0.4, 0.5) is 0 Å². The Morgan fingerprint density at radius 2 is 1.74 bits per heavy atom. The van der Waals surface area contributed by atoms with Gasteiger partial charge in [0.2, 0.25) is 0 Å². The first-order valence-electron chi connectivity index (χ1n) is 7.04. The van der Waals surface area contributed by atoms with Crippen molar-refractivity contribution in [2.24, 2.45) is 0 Å². The van der Waals surface area contributed by atoms with Gasteiger partial charge in [-0.2, -0.15) is 9.61 Å². The topological polar surface area (TPSA) is 63.3 Å². The van der Waals surface area contributed by atoms with Gasteiger partial charge in [0.15, 0.2) is 11.5 Å². The second-order valence-corrected chi connectivity index (χ2v) is 6.02. The fourth-order valence-electron chi connectivity index (χ4n) is 2.26. The summed E-state index contributed by atoms with van der Waals surface area (Å²) in [5, 5.41) is 23.4. The second kappa shape index (κ2) is 5.73. The molecule has 0 aliphatic carbocycles. The Balaban J connectivity index is 1.75. The Hall–Kier alpha value is -2.86. The van der Waals surface area contributed by atoms with Gasteiger partial charge in [0, 0.05) is 10.5 Å². The summed E-state index contributed by atoms with van der Waals surface area (Å²) in [4.78, 5) is 0.922. The van der Waals surface area contributed by atoms with E-state index in [9.17, 15) is 5.11 Å². The van der Waals surface area contributed by atoms with Gasteiger partial charge in [-0.25, -0.2) is 0 Å². The first-order valence-corrected chi connectivity index (χ1v) is 7.86. The molecule has 5 nitrogen and oxygen atoms in total. The summed E-state index contributed by atoms with van der Waals surface area (Å²) in [6.07, 6.45) is 0. The number of rotatable bonds is 3. The van der Waals surface area contributed by atoms with E-state index >= 15 is 0 Å². The van der Waals surface area contributed by atoms with Gasteiger partial charge in [0.25, 0.3) is 0 Å².